The van der Waals surface area contributed by atoms with Crippen LogP contribution < -0.4 is 4.74 Å². The van der Waals surface area contributed by atoms with Gasteiger partial charge in [-0.15, -0.1) is 0 Å². The van der Waals surface area contributed by atoms with Crippen LogP contribution in [0.1, 0.15) is 35.7 Å². The first-order valence-corrected chi connectivity index (χ1v) is 5.67. The van der Waals surface area contributed by atoms with Crippen LogP contribution in [-0.2, 0) is 16.0 Å². The minimum atomic E-state index is -1.20. The summed E-state index contributed by atoms with van der Waals surface area (Å²) < 4.78 is 4.93. The second-order valence-electron chi connectivity index (χ2n) is 3.94. The summed E-state index contributed by atoms with van der Waals surface area (Å²) in [5, 5.41) is 17.6. The lowest BCUT2D eigenvalue weighted by Crippen LogP contribution is -2.10. The van der Waals surface area contributed by atoms with Gasteiger partial charge >= 0.3 is 17.9 Å². The maximum absolute atomic E-state index is 11.1. The molecule has 0 aromatic heterocycles. The number of carbonyl (C=O) groups is 3. The molecular weight excluding hydrogens is 252 g/mol. The van der Waals surface area contributed by atoms with Gasteiger partial charge in [-0.3, -0.25) is 9.59 Å². The molecule has 0 radical (unpaired) electrons. The number of aromatic carboxylic acids is 1. The predicted octanol–water partition coefficient (Wildman–Crippen LogP) is 1.72. The molecule has 0 atom stereocenters. The fraction of sp³-hybridized carbons (Fsp3) is 0.308. The van der Waals surface area contributed by atoms with Gasteiger partial charge in [-0.05, 0) is 24.5 Å². The average molecular weight is 266 g/mol. The number of ether oxygens (including phenoxy) is 1. The standard InChI is InChI=1S/C13H14O6/c1-8(14)19-12-9(5-3-7-11(15)16)4-2-6-10(12)13(17)18/h2,4,6H,3,5,7H2,1H3,(H,15,16)(H,17,18). The van der Waals surface area contributed by atoms with Crippen molar-refractivity contribution in [2.75, 3.05) is 0 Å². The van der Waals surface area contributed by atoms with Crippen LogP contribution in [0.4, 0.5) is 0 Å². The summed E-state index contributed by atoms with van der Waals surface area (Å²) in [6, 6.07) is 4.49. The molecule has 6 nitrogen and oxygen atoms in total. The van der Waals surface area contributed by atoms with Crippen molar-refractivity contribution >= 4 is 17.9 Å². The number of carboxylic acids is 2. The molecule has 6 heteroatoms. The van der Waals surface area contributed by atoms with Crippen LogP contribution in [0.5, 0.6) is 5.75 Å². The van der Waals surface area contributed by atoms with E-state index in [-0.39, 0.29) is 17.7 Å². The third kappa shape index (κ3) is 4.42. The molecule has 2 N–H and O–H groups in total. The quantitative estimate of drug-likeness (QED) is 0.600. The summed E-state index contributed by atoms with van der Waals surface area (Å²) in [6.45, 7) is 1.18. The lowest BCUT2D eigenvalue weighted by Gasteiger charge is -2.11. The van der Waals surface area contributed by atoms with Gasteiger partial charge in [0.15, 0.2) is 0 Å². The number of carbonyl (C=O) groups excluding carboxylic acids is 1. The molecule has 0 heterocycles. The van der Waals surface area contributed by atoms with Gasteiger partial charge in [-0.2, -0.15) is 0 Å². The van der Waals surface area contributed by atoms with Crippen LogP contribution in [0.15, 0.2) is 18.2 Å². The zero-order chi connectivity index (χ0) is 14.4. The maximum Gasteiger partial charge on any atom is 0.339 e. The molecule has 0 fully saturated rings. The minimum absolute atomic E-state index is 0.00658. The number of para-hydroxylation sites is 1. The van der Waals surface area contributed by atoms with Crippen molar-refractivity contribution in [1.29, 1.82) is 0 Å². The van der Waals surface area contributed by atoms with Crippen molar-refractivity contribution < 1.29 is 29.3 Å². The third-order valence-electron chi connectivity index (χ3n) is 2.41. The molecule has 0 saturated heterocycles. The molecule has 0 bridgehead atoms. The van der Waals surface area contributed by atoms with Crippen molar-refractivity contribution in [2.45, 2.75) is 26.2 Å². The highest BCUT2D eigenvalue weighted by Crippen LogP contribution is 2.26. The highest BCUT2D eigenvalue weighted by atomic mass is 16.5. The molecule has 0 aliphatic heterocycles. The van der Waals surface area contributed by atoms with E-state index in [0.29, 0.717) is 18.4 Å². The lowest BCUT2D eigenvalue weighted by atomic mass is 10.0. The largest absolute Gasteiger partial charge is 0.481 e. The number of hydrogen-bond acceptors (Lipinski definition) is 4. The first-order valence-electron chi connectivity index (χ1n) is 5.67. The Balaban J connectivity index is 3.01. The molecule has 1 rings (SSSR count). The Labute approximate surface area is 109 Å². The SMILES string of the molecule is CC(=O)Oc1c(CCCC(=O)O)cccc1C(=O)O. The molecule has 1 aromatic rings. The Morgan fingerprint density at radius 2 is 1.89 bits per heavy atom. The van der Waals surface area contributed by atoms with Crippen molar-refractivity contribution in [3.05, 3.63) is 29.3 Å². The van der Waals surface area contributed by atoms with Crippen molar-refractivity contribution in [1.82, 2.24) is 0 Å². The highest BCUT2D eigenvalue weighted by molar-refractivity contribution is 5.92. The smallest absolute Gasteiger partial charge is 0.339 e. The Hall–Kier alpha value is -2.37. The van der Waals surface area contributed by atoms with Gasteiger partial charge in [0.25, 0.3) is 0 Å². The first kappa shape index (κ1) is 14.7. The summed E-state index contributed by atoms with van der Waals surface area (Å²) >= 11 is 0. The Kier molecular flexibility index (Phi) is 5.05. The molecule has 0 saturated carbocycles. The van der Waals surface area contributed by atoms with E-state index in [1.807, 2.05) is 0 Å². The zero-order valence-corrected chi connectivity index (χ0v) is 10.4. The van der Waals surface area contributed by atoms with Gasteiger partial charge < -0.3 is 14.9 Å². The molecule has 1 aromatic carbocycles. The van der Waals surface area contributed by atoms with Crippen molar-refractivity contribution in [3.63, 3.8) is 0 Å². The van der Waals surface area contributed by atoms with Crippen LogP contribution >= 0.6 is 0 Å². The second kappa shape index (κ2) is 6.53. The fourth-order valence-electron chi connectivity index (χ4n) is 1.64. The third-order valence-corrected chi connectivity index (χ3v) is 2.41. The van der Waals surface area contributed by atoms with E-state index in [9.17, 15) is 14.4 Å². The van der Waals surface area contributed by atoms with E-state index >= 15 is 0 Å². The van der Waals surface area contributed by atoms with E-state index in [1.54, 1.807) is 6.07 Å². The number of aryl methyl sites for hydroxylation is 1. The zero-order valence-electron chi connectivity index (χ0n) is 10.4. The van der Waals surface area contributed by atoms with Gasteiger partial charge in [0.1, 0.15) is 11.3 Å². The van der Waals surface area contributed by atoms with Crippen molar-refractivity contribution in [3.8, 4) is 5.75 Å². The van der Waals surface area contributed by atoms with Gasteiger partial charge in [0.05, 0.1) is 0 Å². The monoisotopic (exact) mass is 266 g/mol. The van der Waals surface area contributed by atoms with E-state index < -0.39 is 17.9 Å². The summed E-state index contributed by atoms with van der Waals surface area (Å²) in [6.07, 6.45) is 0.638. The number of carboxylic acid groups (broad SMARTS) is 2. The summed E-state index contributed by atoms with van der Waals surface area (Å²) in [5.41, 5.74) is 0.402. The Morgan fingerprint density at radius 1 is 1.21 bits per heavy atom. The van der Waals surface area contributed by atoms with Crippen LogP contribution in [0.3, 0.4) is 0 Å². The summed E-state index contributed by atoms with van der Waals surface area (Å²) in [5.74, 6) is -2.75. The highest BCUT2D eigenvalue weighted by Gasteiger charge is 2.17. The molecule has 0 amide bonds. The number of aliphatic carboxylic acids is 1. The van der Waals surface area contributed by atoms with Crippen LogP contribution in [0.25, 0.3) is 0 Å². The summed E-state index contributed by atoms with van der Waals surface area (Å²) in [4.78, 5) is 32.5. The second-order valence-corrected chi connectivity index (χ2v) is 3.94. The van der Waals surface area contributed by atoms with E-state index in [2.05, 4.69) is 0 Å². The van der Waals surface area contributed by atoms with E-state index in [4.69, 9.17) is 14.9 Å². The molecular formula is C13H14O6. The van der Waals surface area contributed by atoms with Crippen LogP contribution in [0.2, 0.25) is 0 Å². The first-order chi connectivity index (χ1) is 8.91. The predicted molar refractivity (Wildman–Crippen MR) is 65.3 cm³/mol. The molecule has 0 aliphatic rings. The molecule has 0 unspecified atom stereocenters. The van der Waals surface area contributed by atoms with E-state index in [0.717, 1.165) is 0 Å². The molecule has 19 heavy (non-hydrogen) atoms. The van der Waals surface area contributed by atoms with Gasteiger partial charge in [0, 0.05) is 13.3 Å². The normalized spacial score (nSPS) is 9.95. The van der Waals surface area contributed by atoms with Crippen LogP contribution in [-0.4, -0.2) is 28.1 Å². The van der Waals surface area contributed by atoms with Crippen molar-refractivity contribution in [2.24, 2.45) is 0 Å². The maximum atomic E-state index is 11.1. The van der Waals surface area contributed by atoms with Gasteiger partial charge in [-0.1, -0.05) is 12.1 Å². The topological polar surface area (TPSA) is 101 Å². The fourth-order valence-corrected chi connectivity index (χ4v) is 1.64. The van der Waals surface area contributed by atoms with Gasteiger partial charge in [0.2, 0.25) is 0 Å². The Morgan fingerprint density at radius 3 is 2.42 bits per heavy atom. The average Bonchev–Trinajstić information content (AvgIpc) is 2.29. The van der Waals surface area contributed by atoms with Gasteiger partial charge in [-0.25, -0.2) is 4.79 Å². The number of rotatable bonds is 6. The molecule has 0 aliphatic carbocycles. The summed E-state index contributed by atoms with van der Waals surface area (Å²) in [7, 11) is 0. The molecule has 102 valence electrons. The number of esters is 1. The number of benzene rings is 1. The number of hydrogen-bond donors (Lipinski definition) is 2. The van der Waals surface area contributed by atoms with Crippen LogP contribution in [0, 0.1) is 0 Å². The minimum Gasteiger partial charge on any atom is -0.481 e. The molecule has 0 spiro atoms. The Bertz CT molecular complexity index is 506. The van der Waals surface area contributed by atoms with E-state index in [1.165, 1.54) is 19.1 Å². The lowest BCUT2D eigenvalue weighted by molar-refractivity contribution is -0.137.